The molecule has 1 aliphatic carbocycles. The van der Waals surface area contributed by atoms with Crippen LogP contribution in [0.1, 0.15) is 29.0 Å². The smallest absolute Gasteiger partial charge is 0.326 e. The quantitative estimate of drug-likeness (QED) is 0.422. The van der Waals surface area contributed by atoms with E-state index >= 15 is 0 Å². The van der Waals surface area contributed by atoms with Crippen LogP contribution in [0.25, 0.3) is 10.9 Å². The molecule has 5 nitrogen and oxygen atoms in total. The average molecular weight is 501 g/mol. The van der Waals surface area contributed by atoms with Crippen LogP contribution in [0.2, 0.25) is 0 Å². The van der Waals surface area contributed by atoms with E-state index < -0.39 is 12.0 Å². The lowest BCUT2D eigenvalue weighted by Crippen LogP contribution is -2.46. The first kappa shape index (κ1) is 22.0. The Kier molecular flexibility index (Phi) is 6.44. The van der Waals surface area contributed by atoms with Gasteiger partial charge < -0.3 is 15.0 Å². The van der Waals surface area contributed by atoms with Crippen LogP contribution >= 0.6 is 28.6 Å². The Morgan fingerprint density at radius 2 is 2.06 bits per heavy atom. The molecule has 7 heteroatoms. The first-order valence-electron chi connectivity index (χ1n) is 10.3. The molecule has 2 N–H and O–H groups in total. The minimum atomic E-state index is -1.03. The molecule has 4 rings (SSSR count). The van der Waals surface area contributed by atoms with E-state index in [1.54, 1.807) is 0 Å². The molecule has 162 valence electrons. The summed E-state index contributed by atoms with van der Waals surface area (Å²) in [4.78, 5) is 25.2. The van der Waals surface area contributed by atoms with Crippen molar-refractivity contribution in [3.63, 3.8) is 0 Å². The van der Waals surface area contributed by atoms with Crippen LogP contribution in [-0.4, -0.2) is 33.3 Å². The lowest BCUT2D eigenvalue weighted by Gasteiger charge is -2.24. The van der Waals surface area contributed by atoms with Gasteiger partial charge >= 0.3 is 5.97 Å². The topological polar surface area (TPSA) is 71.3 Å². The molecule has 0 fully saturated rings. The number of carboxylic acid groups (broad SMARTS) is 1. The summed E-state index contributed by atoms with van der Waals surface area (Å²) in [5, 5.41) is 13.6. The van der Waals surface area contributed by atoms with Crippen molar-refractivity contribution in [1.29, 1.82) is 0 Å². The summed E-state index contributed by atoms with van der Waals surface area (Å²) in [6.45, 7) is 0. The lowest BCUT2D eigenvalue weighted by molar-refractivity contribution is -0.142. The van der Waals surface area contributed by atoms with Gasteiger partial charge in [0.05, 0.1) is 5.92 Å². The fourth-order valence-corrected chi connectivity index (χ4v) is 5.55. The maximum atomic E-state index is 13.2. The Morgan fingerprint density at radius 3 is 2.81 bits per heavy atom. The van der Waals surface area contributed by atoms with Gasteiger partial charge in [-0.15, -0.1) is 0 Å². The van der Waals surface area contributed by atoms with Gasteiger partial charge in [0.25, 0.3) is 0 Å². The molecule has 1 aromatic heterocycles. The number of benzene rings is 2. The number of hydrogen-bond acceptors (Lipinski definition) is 3. The third-order valence-corrected chi connectivity index (χ3v) is 7.15. The number of carbonyl (C=O) groups is 2. The molecule has 0 saturated heterocycles. The molecule has 1 heterocycles. The summed E-state index contributed by atoms with van der Waals surface area (Å²) in [5.41, 5.74) is 4.35. The van der Waals surface area contributed by atoms with Gasteiger partial charge in [0.2, 0.25) is 5.91 Å². The molecule has 0 spiro atoms. The van der Waals surface area contributed by atoms with Crippen molar-refractivity contribution >= 4 is 51.3 Å². The molecule has 3 aromatic rings. The number of thiol groups is 1. The standard InChI is InChI=1S/C24H25BrN2O3S/c1-27-12-15(18-4-2-3-5-22(18)27)11-21(24(29)30)26-23(28)20(13-31)19-8-6-14-10-16(25)7-9-17(14)19/h2-5,7,9-10,12,19-21,31H,6,8,11,13H2,1H3,(H,26,28)(H,29,30)/t19?,20?,21-/m0/s1. The normalized spacial score (nSPS) is 17.3. The largest absolute Gasteiger partial charge is 0.480 e. The SMILES string of the molecule is Cn1cc(C[C@H](NC(=O)C(CS)C2CCc3cc(Br)ccc32)C(=O)O)c2ccccc21. The number of para-hydroxylation sites is 1. The van der Waals surface area contributed by atoms with Crippen molar-refractivity contribution < 1.29 is 14.7 Å². The molecule has 0 bridgehead atoms. The van der Waals surface area contributed by atoms with Gasteiger partial charge in [-0.2, -0.15) is 12.6 Å². The fourth-order valence-electron chi connectivity index (χ4n) is 4.72. The Balaban J connectivity index is 1.54. The number of carboxylic acids is 1. The number of rotatable bonds is 7. The molecule has 1 aliphatic rings. The lowest BCUT2D eigenvalue weighted by atomic mass is 9.87. The molecule has 3 atom stereocenters. The van der Waals surface area contributed by atoms with Crippen molar-refractivity contribution in [3.05, 3.63) is 69.8 Å². The zero-order valence-electron chi connectivity index (χ0n) is 17.2. The summed E-state index contributed by atoms with van der Waals surface area (Å²) in [5.74, 6) is -1.24. The second kappa shape index (κ2) is 9.09. The van der Waals surface area contributed by atoms with E-state index in [9.17, 15) is 14.7 Å². The highest BCUT2D eigenvalue weighted by Crippen LogP contribution is 2.40. The van der Waals surface area contributed by atoms with Crippen LogP contribution in [0.4, 0.5) is 0 Å². The second-order valence-corrected chi connectivity index (χ2v) is 9.44. The van der Waals surface area contributed by atoms with Crippen molar-refractivity contribution in [2.75, 3.05) is 5.75 Å². The minimum absolute atomic E-state index is 0.0487. The number of nitrogens with zero attached hydrogens (tertiary/aromatic N) is 1. The van der Waals surface area contributed by atoms with Crippen LogP contribution in [0, 0.1) is 5.92 Å². The maximum Gasteiger partial charge on any atom is 0.326 e. The van der Waals surface area contributed by atoms with Crippen LogP contribution in [0.15, 0.2) is 53.1 Å². The number of fused-ring (bicyclic) bond motifs is 2. The van der Waals surface area contributed by atoms with Gasteiger partial charge in [-0.25, -0.2) is 4.79 Å². The van der Waals surface area contributed by atoms with Crippen molar-refractivity contribution in [1.82, 2.24) is 9.88 Å². The molecule has 31 heavy (non-hydrogen) atoms. The van der Waals surface area contributed by atoms with Crippen molar-refractivity contribution in [2.45, 2.75) is 31.2 Å². The van der Waals surface area contributed by atoms with Crippen LogP contribution < -0.4 is 5.32 Å². The fraction of sp³-hybridized carbons (Fsp3) is 0.333. The van der Waals surface area contributed by atoms with E-state index in [0.717, 1.165) is 33.8 Å². The zero-order valence-corrected chi connectivity index (χ0v) is 19.7. The molecule has 1 amide bonds. The summed E-state index contributed by atoms with van der Waals surface area (Å²) < 4.78 is 3.01. The monoisotopic (exact) mass is 500 g/mol. The van der Waals surface area contributed by atoms with E-state index in [4.69, 9.17) is 0 Å². The number of nitrogens with one attached hydrogen (secondary N) is 1. The Bertz CT molecular complexity index is 1140. The third kappa shape index (κ3) is 4.39. The van der Waals surface area contributed by atoms with E-state index in [2.05, 4.69) is 46.0 Å². The molecular weight excluding hydrogens is 476 g/mol. The van der Waals surface area contributed by atoms with Gasteiger partial charge in [-0.1, -0.05) is 40.2 Å². The summed E-state index contributed by atoms with van der Waals surface area (Å²) >= 11 is 7.95. The van der Waals surface area contributed by atoms with Crippen LogP contribution in [0.3, 0.4) is 0 Å². The molecule has 0 radical (unpaired) electrons. The number of hydrogen-bond donors (Lipinski definition) is 3. The summed E-state index contributed by atoms with van der Waals surface area (Å²) in [6.07, 6.45) is 3.95. The highest BCUT2D eigenvalue weighted by Gasteiger charge is 2.35. The van der Waals surface area contributed by atoms with E-state index in [1.807, 2.05) is 48.1 Å². The first-order valence-corrected chi connectivity index (χ1v) is 11.8. The molecule has 0 saturated carbocycles. The average Bonchev–Trinajstić information content (AvgIpc) is 3.29. The molecular formula is C24H25BrN2O3S. The zero-order chi connectivity index (χ0) is 22.1. The number of aryl methyl sites for hydroxylation is 2. The predicted molar refractivity (Wildman–Crippen MR) is 129 cm³/mol. The highest BCUT2D eigenvalue weighted by molar-refractivity contribution is 9.10. The van der Waals surface area contributed by atoms with Gasteiger partial charge in [0.1, 0.15) is 6.04 Å². The minimum Gasteiger partial charge on any atom is -0.480 e. The number of carbonyl (C=O) groups excluding carboxylic acids is 1. The Morgan fingerprint density at radius 1 is 1.29 bits per heavy atom. The number of aliphatic carboxylic acids is 1. The number of halogens is 1. The van der Waals surface area contributed by atoms with Crippen molar-refractivity contribution in [2.24, 2.45) is 13.0 Å². The van der Waals surface area contributed by atoms with Gasteiger partial charge in [0.15, 0.2) is 0 Å². The van der Waals surface area contributed by atoms with E-state index in [-0.39, 0.29) is 24.2 Å². The van der Waals surface area contributed by atoms with E-state index in [1.165, 1.54) is 11.1 Å². The second-order valence-electron chi connectivity index (χ2n) is 8.16. The number of aromatic nitrogens is 1. The molecule has 2 aromatic carbocycles. The van der Waals surface area contributed by atoms with Crippen LogP contribution in [0.5, 0.6) is 0 Å². The maximum absolute atomic E-state index is 13.2. The summed E-state index contributed by atoms with van der Waals surface area (Å²) in [7, 11) is 1.94. The molecule has 2 unspecified atom stereocenters. The highest BCUT2D eigenvalue weighted by atomic mass is 79.9. The van der Waals surface area contributed by atoms with Gasteiger partial charge in [0, 0.05) is 40.8 Å². The Labute approximate surface area is 195 Å². The van der Waals surface area contributed by atoms with Gasteiger partial charge in [-0.3, -0.25) is 4.79 Å². The Hall–Kier alpha value is -2.25. The molecule has 0 aliphatic heterocycles. The number of amides is 1. The van der Waals surface area contributed by atoms with E-state index in [0.29, 0.717) is 5.75 Å². The summed E-state index contributed by atoms with van der Waals surface area (Å²) in [6, 6.07) is 13.0. The first-order chi connectivity index (χ1) is 14.9. The van der Waals surface area contributed by atoms with Gasteiger partial charge in [-0.05, 0) is 53.6 Å². The predicted octanol–water partition coefficient (Wildman–Crippen LogP) is 4.33. The van der Waals surface area contributed by atoms with Crippen LogP contribution in [-0.2, 0) is 29.5 Å². The van der Waals surface area contributed by atoms with Crippen molar-refractivity contribution in [3.8, 4) is 0 Å². The third-order valence-electron chi connectivity index (χ3n) is 6.27.